The average Bonchev–Trinajstić information content (AvgIpc) is 2.94. The number of nitrogens with one attached hydrogen (secondary N) is 1. The number of amides is 2. The van der Waals surface area contributed by atoms with Crippen molar-refractivity contribution in [2.45, 2.75) is 26.3 Å². The highest BCUT2D eigenvalue weighted by Crippen LogP contribution is 2.58. The van der Waals surface area contributed by atoms with E-state index >= 15 is 0 Å². The topological polar surface area (TPSA) is 86.7 Å². The van der Waals surface area contributed by atoms with Crippen molar-refractivity contribution in [1.29, 1.82) is 0 Å². The minimum atomic E-state index is -1.01. The summed E-state index contributed by atoms with van der Waals surface area (Å²) in [6.45, 7) is 3.75. The number of hydrogen-bond donors (Lipinski definition) is 2. The van der Waals surface area contributed by atoms with Crippen molar-refractivity contribution in [1.82, 2.24) is 5.32 Å². The van der Waals surface area contributed by atoms with Crippen LogP contribution in [-0.2, 0) is 14.4 Å². The first-order chi connectivity index (χ1) is 11.2. The van der Waals surface area contributed by atoms with Gasteiger partial charge in [0.2, 0.25) is 11.8 Å². The van der Waals surface area contributed by atoms with Gasteiger partial charge in [-0.1, -0.05) is 26.0 Å². The molecule has 0 bridgehead atoms. The number of carbonyl (C=O) groups excluding carboxylic acids is 2. The second-order valence-corrected chi connectivity index (χ2v) is 6.91. The molecule has 24 heavy (non-hydrogen) atoms. The summed E-state index contributed by atoms with van der Waals surface area (Å²) in [6, 6.07) is 5.23. The number of carboxylic acids is 1. The van der Waals surface area contributed by atoms with E-state index in [1.807, 2.05) is 0 Å². The van der Waals surface area contributed by atoms with Gasteiger partial charge in [-0.2, -0.15) is 0 Å². The van der Waals surface area contributed by atoms with Crippen LogP contribution in [0.1, 0.15) is 20.3 Å². The summed E-state index contributed by atoms with van der Waals surface area (Å²) in [5.41, 5.74) is -0.433. The molecule has 1 saturated carbocycles. The average molecular weight is 334 g/mol. The Balaban J connectivity index is 1.68. The third-order valence-corrected chi connectivity index (χ3v) is 5.04. The fourth-order valence-corrected chi connectivity index (χ4v) is 3.57. The van der Waals surface area contributed by atoms with E-state index in [4.69, 9.17) is 5.11 Å². The molecule has 0 aromatic heterocycles. The third-order valence-electron chi connectivity index (χ3n) is 5.04. The number of carbonyl (C=O) groups is 3. The molecule has 7 heteroatoms. The Morgan fingerprint density at radius 1 is 1.29 bits per heavy atom. The van der Waals surface area contributed by atoms with Gasteiger partial charge in [0.1, 0.15) is 11.9 Å². The van der Waals surface area contributed by atoms with Crippen molar-refractivity contribution >= 4 is 23.5 Å². The quantitative estimate of drug-likeness (QED) is 0.871. The van der Waals surface area contributed by atoms with Gasteiger partial charge in [-0.25, -0.2) is 4.39 Å². The molecule has 2 fully saturated rings. The van der Waals surface area contributed by atoms with E-state index in [2.05, 4.69) is 5.32 Å². The van der Waals surface area contributed by atoms with E-state index in [9.17, 15) is 18.8 Å². The van der Waals surface area contributed by atoms with Gasteiger partial charge in [0, 0.05) is 6.54 Å². The molecule has 1 aromatic carbocycles. The van der Waals surface area contributed by atoms with Crippen LogP contribution in [0.5, 0.6) is 0 Å². The summed E-state index contributed by atoms with van der Waals surface area (Å²) < 4.78 is 13.8. The largest absolute Gasteiger partial charge is 0.481 e. The van der Waals surface area contributed by atoms with Gasteiger partial charge in [-0.3, -0.25) is 14.4 Å². The highest BCUT2D eigenvalue weighted by atomic mass is 19.1. The van der Waals surface area contributed by atoms with E-state index in [-0.39, 0.29) is 11.6 Å². The highest BCUT2D eigenvalue weighted by molar-refractivity contribution is 6.02. The predicted molar refractivity (Wildman–Crippen MR) is 83.7 cm³/mol. The molecular formula is C17H19FN2O4. The summed E-state index contributed by atoms with van der Waals surface area (Å²) in [6.07, 6.45) is 0.365. The maximum atomic E-state index is 13.8. The molecule has 2 aliphatic rings. The maximum Gasteiger partial charge on any atom is 0.307 e. The molecule has 1 saturated heterocycles. The van der Waals surface area contributed by atoms with Crippen LogP contribution in [0.3, 0.4) is 0 Å². The number of halogens is 1. The Labute approximate surface area is 138 Å². The summed E-state index contributed by atoms with van der Waals surface area (Å²) in [7, 11) is 0. The summed E-state index contributed by atoms with van der Waals surface area (Å²) in [5, 5.41) is 11.8. The van der Waals surface area contributed by atoms with Crippen molar-refractivity contribution < 1.29 is 23.9 Å². The Kier molecular flexibility index (Phi) is 3.81. The highest BCUT2D eigenvalue weighted by Gasteiger charge is 2.66. The van der Waals surface area contributed by atoms with Crippen LogP contribution in [-0.4, -0.2) is 35.5 Å². The first-order valence-corrected chi connectivity index (χ1v) is 7.84. The predicted octanol–water partition coefficient (Wildman–Crippen LogP) is 1.40. The number of nitrogens with zero attached hydrogens (tertiary/aromatic N) is 1. The number of anilines is 1. The zero-order valence-corrected chi connectivity index (χ0v) is 13.5. The van der Waals surface area contributed by atoms with Crippen molar-refractivity contribution in [2.75, 3.05) is 11.4 Å². The van der Waals surface area contributed by atoms with Crippen LogP contribution in [0, 0.1) is 23.1 Å². The standard InChI is InChI=1S/C17H19FN2O4/c1-17(2)12(13(17)16(23)24)14(21)19-10-7-8-20(15(10)22)11-6-4-3-5-9(11)18/h3-6,10,12-13H,7-8H2,1-2H3,(H,19,21)(H,23,24)/t10?,12-,13+/m1/s1. The molecule has 2 amide bonds. The molecule has 3 atom stereocenters. The van der Waals surface area contributed by atoms with Crippen LogP contribution in [0.4, 0.5) is 10.1 Å². The molecule has 1 aliphatic heterocycles. The van der Waals surface area contributed by atoms with Gasteiger partial charge >= 0.3 is 5.97 Å². The van der Waals surface area contributed by atoms with Crippen molar-refractivity contribution in [3.8, 4) is 0 Å². The number of aliphatic carboxylic acids is 1. The fourth-order valence-electron chi connectivity index (χ4n) is 3.57. The normalized spacial score (nSPS) is 27.9. The first kappa shape index (κ1) is 16.4. The van der Waals surface area contributed by atoms with Crippen molar-refractivity contribution in [3.05, 3.63) is 30.1 Å². The van der Waals surface area contributed by atoms with E-state index < -0.39 is 41.0 Å². The number of rotatable bonds is 4. The minimum absolute atomic E-state index is 0.189. The molecule has 128 valence electrons. The fraction of sp³-hybridized carbons (Fsp3) is 0.471. The first-order valence-electron chi connectivity index (χ1n) is 7.84. The zero-order chi connectivity index (χ0) is 17.6. The zero-order valence-electron chi connectivity index (χ0n) is 13.5. The van der Waals surface area contributed by atoms with E-state index in [0.29, 0.717) is 13.0 Å². The van der Waals surface area contributed by atoms with E-state index in [1.165, 1.54) is 17.0 Å². The molecule has 0 spiro atoms. The van der Waals surface area contributed by atoms with Crippen LogP contribution < -0.4 is 10.2 Å². The van der Waals surface area contributed by atoms with E-state index in [1.54, 1.807) is 26.0 Å². The molecule has 6 nitrogen and oxygen atoms in total. The third kappa shape index (κ3) is 2.53. The van der Waals surface area contributed by atoms with Gasteiger partial charge < -0.3 is 15.3 Å². The Hall–Kier alpha value is -2.44. The van der Waals surface area contributed by atoms with Crippen LogP contribution in [0.15, 0.2) is 24.3 Å². The Morgan fingerprint density at radius 2 is 1.96 bits per heavy atom. The Bertz CT molecular complexity index is 718. The van der Waals surface area contributed by atoms with Gasteiger partial charge in [0.25, 0.3) is 0 Å². The molecule has 3 rings (SSSR count). The smallest absolute Gasteiger partial charge is 0.307 e. The number of hydrogen-bond acceptors (Lipinski definition) is 3. The Morgan fingerprint density at radius 3 is 2.54 bits per heavy atom. The van der Waals surface area contributed by atoms with Gasteiger partial charge in [0.05, 0.1) is 17.5 Å². The van der Waals surface area contributed by atoms with Gasteiger partial charge in [-0.05, 0) is 24.0 Å². The second-order valence-electron chi connectivity index (χ2n) is 6.91. The van der Waals surface area contributed by atoms with Crippen molar-refractivity contribution in [2.24, 2.45) is 17.3 Å². The molecule has 1 aliphatic carbocycles. The number of benzene rings is 1. The van der Waals surface area contributed by atoms with E-state index in [0.717, 1.165) is 0 Å². The SMILES string of the molecule is CC1(C)[C@H](C(=O)O)[C@@H]1C(=O)NC1CCN(c2ccccc2F)C1=O. The molecule has 1 heterocycles. The summed E-state index contributed by atoms with van der Waals surface area (Å²) in [5.74, 6) is -3.69. The summed E-state index contributed by atoms with van der Waals surface area (Å²) in [4.78, 5) is 37.3. The minimum Gasteiger partial charge on any atom is -0.481 e. The lowest BCUT2D eigenvalue weighted by Gasteiger charge is -2.18. The summed E-state index contributed by atoms with van der Waals surface area (Å²) >= 11 is 0. The maximum absolute atomic E-state index is 13.8. The van der Waals surface area contributed by atoms with Crippen LogP contribution in [0.25, 0.3) is 0 Å². The van der Waals surface area contributed by atoms with Crippen LogP contribution >= 0.6 is 0 Å². The lowest BCUT2D eigenvalue weighted by Crippen LogP contribution is -2.43. The lowest BCUT2D eigenvalue weighted by atomic mass is 10.1. The second kappa shape index (κ2) is 5.58. The molecule has 1 unspecified atom stereocenters. The molecule has 0 radical (unpaired) electrons. The lowest BCUT2D eigenvalue weighted by molar-refractivity contribution is -0.140. The van der Waals surface area contributed by atoms with Crippen molar-refractivity contribution in [3.63, 3.8) is 0 Å². The van der Waals surface area contributed by atoms with Gasteiger partial charge in [-0.15, -0.1) is 0 Å². The number of para-hydroxylation sites is 1. The molecule has 1 aromatic rings. The monoisotopic (exact) mass is 334 g/mol. The molecule has 2 N–H and O–H groups in total. The van der Waals surface area contributed by atoms with Gasteiger partial charge in [0.15, 0.2) is 0 Å². The van der Waals surface area contributed by atoms with Crippen LogP contribution in [0.2, 0.25) is 0 Å². The molecular weight excluding hydrogens is 315 g/mol. The number of carboxylic acid groups (broad SMARTS) is 1.